The molecule has 0 aromatic carbocycles. The molecule has 0 spiro atoms. The zero-order valence-corrected chi connectivity index (χ0v) is 7.72. The molecular weight excluding hydrogens is 136 g/mol. The third-order valence-corrected chi connectivity index (χ3v) is 1.29. The highest BCUT2D eigenvalue weighted by molar-refractivity contribution is 4.43. The number of rotatable bonds is 2. The van der Waals surface area contributed by atoms with Gasteiger partial charge in [0.15, 0.2) is 0 Å². The molecule has 0 aliphatic heterocycles. The quantitative estimate of drug-likeness (QED) is 0.653. The van der Waals surface area contributed by atoms with Crippen LogP contribution in [0.1, 0.15) is 48.0 Å². The van der Waals surface area contributed by atoms with Crippen LogP contribution in [0, 0.1) is 0 Å². The fraction of sp³-hybridized carbons (Fsp3) is 1.00. The SMILES string of the molecule is C.CC[C@@H](C)N.CC[C@H](C)N. The van der Waals surface area contributed by atoms with Crippen LogP contribution >= 0.6 is 0 Å². The highest BCUT2D eigenvalue weighted by atomic mass is 14.6. The Morgan fingerprint density at radius 3 is 1.00 bits per heavy atom. The maximum absolute atomic E-state index is 5.29. The van der Waals surface area contributed by atoms with Gasteiger partial charge >= 0.3 is 0 Å². The summed E-state index contributed by atoms with van der Waals surface area (Å²) in [5, 5.41) is 0. The van der Waals surface area contributed by atoms with Gasteiger partial charge in [-0.2, -0.15) is 0 Å². The Hall–Kier alpha value is -0.0800. The van der Waals surface area contributed by atoms with Crippen LogP contribution < -0.4 is 11.5 Å². The van der Waals surface area contributed by atoms with Gasteiger partial charge in [0.1, 0.15) is 0 Å². The molecular formula is C9H26N2. The molecule has 72 valence electrons. The van der Waals surface area contributed by atoms with E-state index in [-0.39, 0.29) is 7.43 Å². The van der Waals surface area contributed by atoms with Gasteiger partial charge < -0.3 is 11.5 Å². The minimum Gasteiger partial charge on any atom is -0.328 e. The molecule has 0 amide bonds. The van der Waals surface area contributed by atoms with Crippen LogP contribution in [-0.2, 0) is 0 Å². The number of hydrogen-bond donors (Lipinski definition) is 2. The predicted octanol–water partition coefficient (Wildman–Crippen LogP) is 2.12. The molecule has 0 fully saturated rings. The van der Waals surface area contributed by atoms with Crippen molar-refractivity contribution < 1.29 is 0 Å². The second-order valence-corrected chi connectivity index (χ2v) is 2.77. The van der Waals surface area contributed by atoms with E-state index in [1.165, 1.54) is 0 Å². The van der Waals surface area contributed by atoms with Crippen molar-refractivity contribution in [2.24, 2.45) is 11.5 Å². The van der Waals surface area contributed by atoms with E-state index in [0.717, 1.165) is 12.8 Å². The van der Waals surface area contributed by atoms with Crippen LogP contribution in [0.2, 0.25) is 0 Å². The Balaban J connectivity index is -0.000000107. The van der Waals surface area contributed by atoms with E-state index in [4.69, 9.17) is 11.5 Å². The van der Waals surface area contributed by atoms with Gasteiger partial charge in [-0.1, -0.05) is 21.3 Å². The van der Waals surface area contributed by atoms with Gasteiger partial charge in [-0.05, 0) is 26.7 Å². The second-order valence-electron chi connectivity index (χ2n) is 2.77. The first-order valence-corrected chi connectivity index (χ1v) is 4.05. The van der Waals surface area contributed by atoms with Crippen LogP contribution in [0.15, 0.2) is 0 Å². The average Bonchev–Trinajstić information content (AvgIpc) is 1.89. The minimum atomic E-state index is 0. The van der Waals surface area contributed by atoms with Gasteiger partial charge in [0.2, 0.25) is 0 Å². The van der Waals surface area contributed by atoms with Gasteiger partial charge in [-0.15, -0.1) is 0 Å². The first-order valence-electron chi connectivity index (χ1n) is 4.05. The lowest BCUT2D eigenvalue weighted by molar-refractivity contribution is 0.714. The Bertz CT molecular complexity index is 43.5. The lowest BCUT2D eigenvalue weighted by Gasteiger charge is -1.91. The predicted molar refractivity (Wildman–Crippen MR) is 54.6 cm³/mol. The topological polar surface area (TPSA) is 52.0 Å². The normalized spacial score (nSPS) is 13.6. The monoisotopic (exact) mass is 162 g/mol. The summed E-state index contributed by atoms with van der Waals surface area (Å²) in [4.78, 5) is 0. The molecule has 2 nitrogen and oxygen atoms in total. The Kier molecular flexibility index (Phi) is 19.6. The molecule has 0 aliphatic rings. The smallest absolute Gasteiger partial charge is 0.000781 e. The van der Waals surface area contributed by atoms with Crippen LogP contribution in [0.25, 0.3) is 0 Å². The lowest BCUT2D eigenvalue weighted by atomic mass is 10.3. The summed E-state index contributed by atoms with van der Waals surface area (Å²) < 4.78 is 0. The maximum atomic E-state index is 5.29. The van der Waals surface area contributed by atoms with Crippen molar-refractivity contribution in [2.75, 3.05) is 0 Å². The van der Waals surface area contributed by atoms with Gasteiger partial charge in [0.25, 0.3) is 0 Å². The highest BCUT2D eigenvalue weighted by Gasteiger charge is 1.80. The molecule has 0 aliphatic carbocycles. The van der Waals surface area contributed by atoms with E-state index in [1.54, 1.807) is 0 Å². The van der Waals surface area contributed by atoms with Crippen LogP contribution in [-0.4, -0.2) is 12.1 Å². The molecule has 0 bridgehead atoms. The molecule has 0 radical (unpaired) electrons. The molecule has 4 N–H and O–H groups in total. The summed E-state index contributed by atoms with van der Waals surface area (Å²) in [6, 6.07) is 0.769. The van der Waals surface area contributed by atoms with E-state index in [2.05, 4.69) is 13.8 Å². The van der Waals surface area contributed by atoms with Crippen molar-refractivity contribution in [1.82, 2.24) is 0 Å². The summed E-state index contributed by atoms with van der Waals surface area (Å²) in [6.07, 6.45) is 2.17. The Labute approximate surface area is 72.4 Å². The third kappa shape index (κ3) is 40.5. The van der Waals surface area contributed by atoms with Crippen molar-refractivity contribution in [1.29, 1.82) is 0 Å². The Morgan fingerprint density at radius 2 is 1.00 bits per heavy atom. The average molecular weight is 162 g/mol. The van der Waals surface area contributed by atoms with Crippen molar-refractivity contribution in [3.8, 4) is 0 Å². The van der Waals surface area contributed by atoms with E-state index in [9.17, 15) is 0 Å². The maximum Gasteiger partial charge on any atom is 0.000781 e. The first-order chi connectivity index (χ1) is 4.54. The molecule has 2 heteroatoms. The summed E-state index contributed by atoms with van der Waals surface area (Å²) >= 11 is 0. The molecule has 0 rings (SSSR count). The van der Waals surface area contributed by atoms with Gasteiger partial charge in [0, 0.05) is 12.1 Å². The van der Waals surface area contributed by atoms with E-state index >= 15 is 0 Å². The van der Waals surface area contributed by atoms with Gasteiger partial charge in [-0.3, -0.25) is 0 Å². The van der Waals surface area contributed by atoms with E-state index < -0.39 is 0 Å². The van der Waals surface area contributed by atoms with Crippen LogP contribution in [0.5, 0.6) is 0 Å². The van der Waals surface area contributed by atoms with Crippen molar-refractivity contribution in [3.63, 3.8) is 0 Å². The molecule has 0 unspecified atom stereocenters. The molecule has 2 atom stereocenters. The number of nitrogens with two attached hydrogens (primary N) is 2. The summed E-state index contributed by atoms with van der Waals surface area (Å²) in [5.74, 6) is 0. The molecule has 0 heterocycles. The first kappa shape index (κ1) is 17.1. The molecule has 0 aromatic rings. The second kappa shape index (κ2) is 12.6. The summed E-state index contributed by atoms with van der Waals surface area (Å²) in [5.41, 5.74) is 10.6. The van der Waals surface area contributed by atoms with Crippen molar-refractivity contribution >= 4 is 0 Å². The summed E-state index contributed by atoms with van der Waals surface area (Å²) in [6.45, 7) is 8.15. The zero-order chi connectivity index (χ0) is 8.57. The largest absolute Gasteiger partial charge is 0.328 e. The molecule has 11 heavy (non-hydrogen) atoms. The standard InChI is InChI=1S/2C4H11N.CH4/c2*1-3-4(2)5;/h2*4H,3,5H2,1-2H3;1H4/t2*4-;/m10./s1. The van der Waals surface area contributed by atoms with Gasteiger partial charge in [0.05, 0.1) is 0 Å². The fourth-order valence-electron chi connectivity index (χ4n) is 0. The Morgan fingerprint density at radius 1 is 0.909 bits per heavy atom. The van der Waals surface area contributed by atoms with Crippen molar-refractivity contribution in [2.45, 2.75) is 60.0 Å². The van der Waals surface area contributed by atoms with Gasteiger partial charge in [-0.25, -0.2) is 0 Å². The van der Waals surface area contributed by atoms with E-state index in [0.29, 0.717) is 12.1 Å². The van der Waals surface area contributed by atoms with Crippen LogP contribution in [0.4, 0.5) is 0 Å². The molecule has 0 saturated heterocycles. The number of hydrogen-bond acceptors (Lipinski definition) is 2. The minimum absolute atomic E-state index is 0. The van der Waals surface area contributed by atoms with E-state index in [1.807, 2.05) is 13.8 Å². The van der Waals surface area contributed by atoms with Crippen molar-refractivity contribution in [3.05, 3.63) is 0 Å². The molecule has 0 saturated carbocycles. The lowest BCUT2D eigenvalue weighted by Crippen LogP contribution is -2.11. The fourth-order valence-corrected chi connectivity index (χ4v) is 0. The zero-order valence-electron chi connectivity index (χ0n) is 7.72. The highest BCUT2D eigenvalue weighted by Crippen LogP contribution is 1.77. The summed E-state index contributed by atoms with van der Waals surface area (Å²) in [7, 11) is 0. The molecule has 0 aromatic heterocycles. The third-order valence-electron chi connectivity index (χ3n) is 1.29. The van der Waals surface area contributed by atoms with Crippen LogP contribution in [0.3, 0.4) is 0 Å².